The van der Waals surface area contributed by atoms with E-state index in [1.165, 1.54) is 6.07 Å². The van der Waals surface area contributed by atoms with Crippen LogP contribution >= 0.6 is 11.6 Å². The van der Waals surface area contributed by atoms with E-state index in [2.05, 4.69) is 21.4 Å². The van der Waals surface area contributed by atoms with Crippen molar-refractivity contribution in [3.8, 4) is 11.1 Å². The van der Waals surface area contributed by atoms with Crippen molar-refractivity contribution in [3.63, 3.8) is 0 Å². The fraction of sp³-hybridized carbons (Fsp3) is 0.333. The maximum atomic E-state index is 14.4. The van der Waals surface area contributed by atoms with Crippen LogP contribution in [0.5, 0.6) is 0 Å². The summed E-state index contributed by atoms with van der Waals surface area (Å²) in [5.74, 6) is -0.118. The van der Waals surface area contributed by atoms with Gasteiger partial charge in [-0.3, -0.25) is 9.78 Å². The molecule has 5 nitrogen and oxygen atoms in total. The number of halogens is 2. The molecule has 2 N–H and O–H groups in total. The highest BCUT2D eigenvalue weighted by Crippen LogP contribution is 2.40. The summed E-state index contributed by atoms with van der Waals surface area (Å²) in [4.78, 5) is 22.3. The van der Waals surface area contributed by atoms with Crippen LogP contribution in [0.3, 0.4) is 0 Å². The van der Waals surface area contributed by atoms with Gasteiger partial charge in [0.2, 0.25) is 0 Å². The number of nitrogens with zero attached hydrogens (tertiary/aromatic N) is 3. The van der Waals surface area contributed by atoms with Crippen LogP contribution in [0.4, 0.5) is 10.1 Å². The summed E-state index contributed by atoms with van der Waals surface area (Å²) in [6.45, 7) is 9.40. The van der Waals surface area contributed by atoms with Crippen LogP contribution in [0.25, 0.3) is 22.0 Å². The minimum Gasteiger partial charge on any atom is -0.371 e. The van der Waals surface area contributed by atoms with E-state index in [1.54, 1.807) is 19.2 Å². The second kappa shape index (κ2) is 9.01. The Bertz CT molecular complexity index is 1280. The van der Waals surface area contributed by atoms with Gasteiger partial charge in [-0.05, 0) is 55.2 Å². The Kier molecular flexibility index (Phi) is 6.04. The summed E-state index contributed by atoms with van der Waals surface area (Å²) >= 11 is 6.28. The molecule has 0 radical (unpaired) electrons. The Labute approximate surface area is 204 Å². The van der Waals surface area contributed by atoms with Crippen molar-refractivity contribution >= 4 is 34.0 Å². The number of ketones is 1. The summed E-state index contributed by atoms with van der Waals surface area (Å²) in [6, 6.07) is 9.12. The fourth-order valence-electron chi connectivity index (χ4n) is 4.67. The van der Waals surface area contributed by atoms with E-state index in [-0.39, 0.29) is 17.5 Å². The number of hydrogen-bond donors (Lipinski definition) is 1. The third kappa shape index (κ3) is 4.17. The van der Waals surface area contributed by atoms with Crippen LogP contribution < -0.4 is 10.6 Å². The minimum absolute atomic E-state index is 0.0768. The van der Waals surface area contributed by atoms with Crippen LogP contribution in [0.2, 0.25) is 5.02 Å². The molecule has 2 aromatic carbocycles. The van der Waals surface area contributed by atoms with Crippen molar-refractivity contribution in [1.82, 2.24) is 9.88 Å². The zero-order valence-corrected chi connectivity index (χ0v) is 20.0. The van der Waals surface area contributed by atoms with E-state index in [1.807, 2.05) is 18.2 Å². The third-order valence-electron chi connectivity index (χ3n) is 6.84. The van der Waals surface area contributed by atoms with Crippen molar-refractivity contribution in [1.29, 1.82) is 0 Å². The van der Waals surface area contributed by atoms with Crippen LogP contribution in [0, 0.1) is 18.7 Å². The molecule has 0 amide bonds. The molecule has 1 aliphatic carbocycles. The van der Waals surface area contributed by atoms with E-state index >= 15 is 0 Å². The quantitative estimate of drug-likeness (QED) is 0.494. The van der Waals surface area contributed by atoms with Gasteiger partial charge in [0.15, 0.2) is 5.78 Å². The summed E-state index contributed by atoms with van der Waals surface area (Å²) in [7, 11) is 0. The average molecular weight is 479 g/mol. The lowest BCUT2D eigenvalue weighted by atomic mass is 9.97. The predicted molar refractivity (Wildman–Crippen MR) is 136 cm³/mol. The Balaban J connectivity index is 1.64. The number of fused-ring (bicyclic) bond motifs is 1. The van der Waals surface area contributed by atoms with Gasteiger partial charge in [-0.1, -0.05) is 24.2 Å². The molecule has 0 unspecified atom stereocenters. The van der Waals surface area contributed by atoms with Gasteiger partial charge in [-0.25, -0.2) is 4.39 Å². The second-order valence-corrected chi connectivity index (χ2v) is 9.63. The van der Waals surface area contributed by atoms with Gasteiger partial charge in [0, 0.05) is 60.0 Å². The Morgan fingerprint density at radius 1 is 1.24 bits per heavy atom. The number of aromatic nitrogens is 1. The molecule has 1 saturated heterocycles. The Hall–Kier alpha value is -2.96. The number of pyridine rings is 1. The molecule has 0 spiro atoms. The number of rotatable bonds is 6. The highest BCUT2D eigenvalue weighted by Gasteiger charge is 2.34. The third-order valence-corrected chi connectivity index (χ3v) is 7.24. The van der Waals surface area contributed by atoms with Crippen molar-refractivity contribution in [3.05, 3.63) is 70.8 Å². The number of anilines is 1. The van der Waals surface area contributed by atoms with Crippen molar-refractivity contribution in [2.24, 2.45) is 11.7 Å². The van der Waals surface area contributed by atoms with Crippen LogP contribution in [-0.2, 0) is 0 Å². The predicted octanol–water partition coefficient (Wildman–Crippen LogP) is 5.19. The molecule has 3 aromatic rings. The first-order chi connectivity index (χ1) is 16.4. The standard InChI is InChI=1S/C27H28ClFN4O/c1-16-15-33(10-9-32(16)8-7-30)26-21-11-19(20-12-23(28)17(2)24(29)13-20)5-6-25(21)31-14-22(26)27(34)18-3-4-18/h5-6,11-14,18H,1,3-4,7-10,15,30H2,2H3. The summed E-state index contributed by atoms with van der Waals surface area (Å²) < 4.78 is 14.4. The highest BCUT2D eigenvalue weighted by molar-refractivity contribution is 6.31. The molecule has 2 aliphatic rings. The van der Waals surface area contributed by atoms with E-state index in [9.17, 15) is 9.18 Å². The zero-order chi connectivity index (χ0) is 24.0. The molecule has 176 valence electrons. The SMILES string of the molecule is C=C1CN(c2c(C(=O)C3CC3)cnc3ccc(-c4cc(F)c(C)c(Cl)c4)cc23)CCN1CCN. The summed E-state index contributed by atoms with van der Waals surface area (Å²) in [6.07, 6.45) is 3.57. The minimum atomic E-state index is -0.342. The number of carbonyl (C=O) groups excluding carboxylic acids is 1. The first-order valence-corrected chi connectivity index (χ1v) is 12.1. The van der Waals surface area contributed by atoms with Crippen LogP contribution in [0.1, 0.15) is 28.8 Å². The number of Topliss-reactive ketones (excluding diaryl/α,β-unsaturated/α-hetero) is 1. The Morgan fingerprint density at radius 2 is 2.03 bits per heavy atom. The van der Waals surface area contributed by atoms with E-state index in [0.717, 1.165) is 60.3 Å². The van der Waals surface area contributed by atoms with Crippen molar-refractivity contribution in [2.75, 3.05) is 37.6 Å². The Morgan fingerprint density at radius 3 is 2.71 bits per heavy atom. The van der Waals surface area contributed by atoms with Gasteiger partial charge in [0.25, 0.3) is 0 Å². The second-order valence-electron chi connectivity index (χ2n) is 9.22. The van der Waals surface area contributed by atoms with Crippen LogP contribution in [-0.4, -0.2) is 48.4 Å². The lowest BCUT2D eigenvalue weighted by Crippen LogP contribution is -2.46. The molecule has 1 aromatic heterocycles. The number of piperazine rings is 1. The monoisotopic (exact) mass is 478 g/mol. The summed E-state index contributed by atoms with van der Waals surface area (Å²) in [5, 5.41) is 1.26. The average Bonchev–Trinajstić information content (AvgIpc) is 3.67. The largest absolute Gasteiger partial charge is 0.371 e. The molecule has 1 aliphatic heterocycles. The van der Waals surface area contributed by atoms with Gasteiger partial charge >= 0.3 is 0 Å². The van der Waals surface area contributed by atoms with Crippen molar-refractivity contribution < 1.29 is 9.18 Å². The molecule has 0 bridgehead atoms. The van der Waals surface area contributed by atoms with E-state index in [4.69, 9.17) is 17.3 Å². The number of carbonyl (C=O) groups is 1. The van der Waals surface area contributed by atoms with E-state index < -0.39 is 0 Å². The molecule has 2 heterocycles. The molecule has 1 saturated carbocycles. The van der Waals surface area contributed by atoms with Gasteiger partial charge in [-0.2, -0.15) is 0 Å². The summed E-state index contributed by atoms with van der Waals surface area (Å²) in [5.41, 5.74) is 11.0. The number of benzene rings is 2. The highest BCUT2D eigenvalue weighted by atomic mass is 35.5. The van der Waals surface area contributed by atoms with Gasteiger partial charge in [0.1, 0.15) is 5.82 Å². The molecule has 5 rings (SSSR count). The molecule has 0 atom stereocenters. The fourth-order valence-corrected chi connectivity index (χ4v) is 4.88. The normalized spacial score (nSPS) is 16.4. The number of hydrogen-bond acceptors (Lipinski definition) is 5. The van der Waals surface area contributed by atoms with Gasteiger partial charge in [0.05, 0.1) is 23.3 Å². The smallest absolute Gasteiger partial charge is 0.169 e. The first-order valence-electron chi connectivity index (χ1n) is 11.7. The molecular formula is C27H28ClFN4O. The zero-order valence-electron chi connectivity index (χ0n) is 19.3. The maximum Gasteiger partial charge on any atom is 0.169 e. The number of nitrogens with two attached hydrogens (primary N) is 1. The molecule has 7 heteroatoms. The lowest BCUT2D eigenvalue weighted by molar-refractivity contribution is 0.0968. The van der Waals surface area contributed by atoms with Crippen LogP contribution in [0.15, 0.2) is 48.8 Å². The van der Waals surface area contributed by atoms with Gasteiger partial charge in [-0.15, -0.1) is 0 Å². The first kappa shape index (κ1) is 22.8. The molecule has 34 heavy (non-hydrogen) atoms. The maximum absolute atomic E-state index is 14.4. The van der Waals surface area contributed by atoms with E-state index in [0.29, 0.717) is 34.8 Å². The lowest BCUT2D eigenvalue weighted by Gasteiger charge is -2.39. The molecule has 2 fully saturated rings. The van der Waals surface area contributed by atoms with Crippen molar-refractivity contribution in [2.45, 2.75) is 19.8 Å². The van der Waals surface area contributed by atoms with Gasteiger partial charge < -0.3 is 15.5 Å². The molecular weight excluding hydrogens is 451 g/mol. The topological polar surface area (TPSA) is 62.5 Å².